The fourth-order valence-corrected chi connectivity index (χ4v) is 5.04. The molecule has 1 N–H and O–H groups in total. The maximum Gasteiger partial charge on any atom is 0.264 e. The Kier molecular flexibility index (Phi) is 7.09. The van der Waals surface area contributed by atoms with E-state index in [1.807, 2.05) is 67.6 Å². The van der Waals surface area contributed by atoms with Gasteiger partial charge in [-0.25, -0.2) is 4.39 Å². The van der Waals surface area contributed by atoms with Crippen molar-refractivity contribution >= 4 is 29.3 Å². The summed E-state index contributed by atoms with van der Waals surface area (Å²) in [6.07, 6.45) is 0.441. The van der Waals surface area contributed by atoms with Gasteiger partial charge in [0, 0.05) is 12.2 Å². The van der Waals surface area contributed by atoms with Gasteiger partial charge in [0.05, 0.1) is 5.25 Å². The molecule has 0 saturated carbocycles. The number of thioether (sulfide) groups is 1. The number of amides is 2. The van der Waals surface area contributed by atoms with Gasteiger partial charge in [0.1, 0.15) is 22.5 Å². The van der Waals surface area contributed by atoms with Crippen molar-refractivity contribution in [2.75, 3.05) is 4.90 Å². The fourth-order valence-electron chi connectivity index (χ4n) is 3.73. The zero-order valence-corrected chi connectivity index (χ0v) is 19.3. The highest BCUT2D eigenvalue weighted by molar-refractivity contribution is 8.05. The highest BCUT2D eigenvalue weighted by Crippen LogP contribution is 2.42. The monoisotopic (exact) mass is 471 g/mol. The molecule has 1 aliphatic rings. The van der Waals surface area contributed by atoms with Crippen molar-refractivity contribution in [2.45, 2.75) is 25.1 Å². The van der Waals surface area contributed by atoms with Crippen LogP contribution < -0.4 is 10.2 Å². The van der Waals surface area contributed by atoms with Gasteiger partial charge in [-0.1, -0.05) is 71.9 Å². The first-order valence-corrected chi connectivity index (χ1v) is 11.6. The Balaban J connectivity index is 1.67. The average Bonchev–Trinajstić information content (AvgIpc) is 3.15. The van der Waals surface area contributed by atoms with Crippen LogP contribution in [0, 0.1) is 24.1 Å². The molecule has 1 saturated heterocycles. The van der Waals surface area contributed by atoms with Crippen molar-refractivity contribution in [2.24, 2.45) is 0 Å². The summed E-state index contributed by atoms with van der Waals surface area (Å²) in [6.45, 7) is 2.23. The van der Waals surface area contributed by atoms with E-state index in [1.54, 1.807) is 0 Å². The Labute approximate surface area is 201 Å². The molecular formula is C27H22FN3O2S. The molecule has 1 atom stereocenters. The maximum absolute atomic E-state index is 13.5. The molecule has 4 rings (SSSR count). The Morgan fingerprint density at radius 1 is 1.06 bits per heavy atom. The normalized spacial score (nSPS) is 16.8. The first kappa shape index (κ1) is 23.3. The van der Waals surface area contributed by atoms with Crippen molar-refractivity contribution in [3.05, 3.63) is 112 Å². The van der Waals surface area contributed by atoms with Gasteiger partial charge < -0.3 is 5.32 Å². The standard InChI is InChI=1S/C27H22FN3O2S/c1-18-6-5-9-20(14-18)15-24-26(33)31(22-12-10-21(28)11-13-22)27(34-24)23(16-29)25(32)30-17-19-7-3-2-4-8-19/h2-14,24H,15,17H2,1H3,(H,30,32)/b27-23-/t24-/m0/s1. The lowest BCUT2D eigenvalue weighted by molar-refractivity contribution is -0.117. The summed E-state index contributed by atoms with van der Waals surface area (Å²) >= 11 is 1.19. The summed E-state index contributed by atoms with van der Waals surface area (Å²) in [5.41, 5.74) is 3.21. The summed E-state index contributed by atoms with van der Waals surface area (Å²) in [6, 6.07) is 24.6. The Morgan fingerprint density at radius 3 is 2.44 bits per heavy atom. The minimum Gasteiger partial charge on any atom is -0.347 e. The van der Waals surface area contributed by atoms with Crippen molar-refractivity contribution in [1.82, 2.24) is 5.32 Å². The molecule has 0 radical (unpaired) electrons. The lowest BCUT2D eigenvalue weighted by Gasteiger charge is -2.18. The smallest absolute Gasteiger partial charge is 0.264 e. The minimum absolute atomic E-state index is 0.148. The van der Waals surface area contributed by atoms with Crippen LogP contribution in [0.25, 0.3) is 0 Å². The van der Waals surface area contributed by atoms with Gasteiger partial charge in [0.25, 0.3) is 5.91 Å². The largest absolute Gasteiger partial charge is 0.347 e. The molecule has 1 heterocycles. The Bertz CT molecular complexity index is 1280. The summed E-state index contributed by atoms with van der Waals surface area (Å²) in [5, 5.41) is 12.4. The Hall–Kier alpha value is -3.89. The van der Waals surface area contributed by atoms with E-state index in [0.29, 0.717) is 12.1 Å². The first-order chi connectivity index (χ1) is 16.5. The van der Waals surface area contributed by atoms with Crippen LogP contribution >= 0.6 is 11.8 Å². The van der Waals surface area contributed by atoms with E-state index < -0.39 is 17.0 Å². The molecule has 0 spiro atoms. The van der Waals surface area contributed by atoms with E-state index >= 15 is 0 Å². The summed E-state index contributed by atoms with van der Waals surface area (Å²) in [5.74, 6) is -1.26. The zero-order valence-electron chi connectivity index (χ0n) is 18.5. The number of hydrogen-bond donors (Lipinski definition) is 1. The van der Waals surface area contributed by atoms with Crippen molar-refractivity contribution in [3.63, 3.8) is 0 Å². The number of benzene rings is 3. The second-order valence-corrected chi connectivity index (χ2v) is 9.10. The molecule has 0 aliphatic carbocycles. The molecule has 1 aliphatic heterocycles. The minimum atomic E-state index is -0.565. The molecule has 0 unspecified atom stereocenters. The van der Waals surface area contributed by atoms with Crippen LogP contribution in [0.3, 0.4) is 0 Å². The molecule has 5 nitrogen and oxygen atoms in total. The fraction of sp³-hybridized carbons (Fsp3) is 0.148. The number of rotatable bonds is 6. The van der Waals surface area contributed by atoms with E-state index in [1.165, 1.54) is 40.9 Å². The number of anilines is 1. The zero-order chi connectivity index (χ0) is 24.1. The molecule has 3 aromatic rings. The van der Waals surface area contributed by atoms with Gasteiger partial charge in [-0.3, -0.25) is 14.5 Å². The van der Waals surface area contributed by atoms with Crippen LogP contribution in [-0.4, -0.2) is 17.1 Å². The number of nitrogens with one attached hydrogen (secondary N) is 1. The number of halogens is 1. The SMILES string of the molecule is Cc1cccc(C[C@@H]2S/C(=C(/C#N)C(=O)NCc3ccccc3)N(c3ccc(F)cc3)C2=O)c1. The number of carbonyl (C=O) groups is 2. The molecule has 7 heteroatoms. The number of nitriles is 1. The van der Waals surface area contributed by atoms with E-state index in [2.05, 4.69) is 5.32 Å². The number of aryl methyl sites for hydroxylation is 1. The van der Waals surface area contributed by atoms with Gasteiger partial charge in [-0.2, -0.15) is 5.26 Å². The predicted octanol–water partition coefficient (Wildman–Crippen LogP) is 4.88. The third kappa shape index (κ3) is 5.19. The highest BCUT2D eigenvalue weighted by atomic mass is 32.2. The van der Waals surface area contributed by atoms with E-state index in [0.717, 1.165) is 16.7 Å². The highest BCUT2D eigenvalue weighted by Gasteiger charge is 2.40. The lowest BCUT2D eigenvalue weighted by atomic mass is 10.1. The van der Waals surface area contributed by atoms with Crippen molar-refractivity contribution in [1.29, 1.82) is 5.26 Å². The van der Waals surface area contributed by atoms with Crippen LogP contribution in [0.2, 0.25) is 0 Å². The van der Waals surface area contributed by atoms with Crippen molar-refractivity contribution in [3.8, 4) is 6.07 Å². The topological polar surface area (TPSA) is 73.2 Å². The molecule has 2 amide bonds. The van der Waals surface area contributed by atoms with Crippen LogP contribution in [0.4, 0.5) is 10.1 Å². The third-order valence-electron chi connectivity index (χ3n) is 5.39. The number of hydrogen-bond acceptors (Lipinski definition) is 4. The molecule has 34 heavy (non-hydrogen) atoms. The number of carbonyl (C=O) groups excluding carboxylic acids is 2. The van der Waals surface area contributed by atoms with Crippen LogP contribution in [0.5, 0.6) is 0 Å². The van der Waals surface area contributed by atoms with Gasteiger partial charge in [-0.15, -0.1) is 0 Å². The first-order valence-electron chi connectivity index (χ1n) is 10.7. The van der Waals surface area contributed by atoms with Gasteiger partial charge in [-0.05, 0) is 48.7 Å². The molecule has 0 bridgehead atoms. The summed E-state index contributed by atoms with van der Waals surface area (Å²) in [7, 11) is 0. The second kappa shape index (κ2) is 10.4. The van der Waals surface area contributed by atoms with Crippen LogP contribution in [0.15, 0.2) is 89.5 Å². The maximum atomic E-state index is 13.5. The van der Waals surface area contributed by atoms with Crippen LogP contribution in [-0.2, 0) is 22.6 Å². The van der Waals surface area contributed by atoms with Crippen LogP contribution in [0.1, 0.15) is 16.7 Å². The summed E-state index contributed by atoms with van der Waals surface area (Å²) < 4.78 is 13.5. The molecule has 1 fully saturated rings. The molecule has 3 aromatic carbocycles. The average molecular weight is 472 g/mol. The third-order valence-corrected chi connectivity index (χ3v) is 6.65. The van der Waals surface area contributed by atoms with Gasteiger partial charge >= 0.3 is 0 Å². The van der Waals surface area contributed by atoms with E-state index in [4.69, 9.17) is 0 Å². The molecule has 0 aromatic heterocycles. The lowest BCUT2D eigenvalue weighted by Crippen LogP contribution is -2.32. The van der Waals surface area contributed by atoms with Gasteiger partial charge in [0.15, 0.2) is 0 Å². The Morgan fingerprint density at radius 2 is 1.76 bits per heavy atom. The van der Waals surface area contributed by atoms with Crippen molar-refractivity contribution < 1.29 is 14.0 Å². The van der Waals surface area contributed by atoms with Gasteiger partial charge in [0.2, 0.25) is 5.91 Å². The quantitative estimate of drug-likeness (QED) is 0.411. The number of nitrogens with zero attached hydrogens (tertiary/aromatic N) is 2. The van der Waals surface area contributed by atoms with E-state index in [9.17, 15) is 19.2 Å². The molecular weight excluding hydrogens is 449 g/mol. The molecule has 170 valence electrons. The second-order valence-electron chi connectivity index (χ2n) is 7.91. The predicted molar refractivity (Wildman–Crippen MR) is 131 cm³/mol. The van der Waals surface area contributed by atoms with E-state index in [-0.39, 0.29) is 23.1 Å². The summed E-state index contributed by atoms with van der Waals surface area (Å²) in [4.78, 5) is 27.8.